The number of nitrogens with two attached hydrogens (primary N) is 1. The second-order valence-corrected chi connectivity index (χ2v) is 7.36. The quantitative estimate of drug-likeness (QED) is 0.872. The SMILES string of the molecule is CCC(N)C(c1ccc(Cl)s1)N1CCCC(COC)C1. The van der Waals surface area contributed by atoms with Crippen LogP contribution in [0.15, 0.2) is 12.1 Å². The van der Waals surface area contributed by atoms with Crippen molar-refractivity contribution in [2.24, 2.45) is 11.7 Å². The van der Waals surface area contributed by atoms with Crippen molar-refractivity contribution in [3.05, 3.63) is 21.3 Å². The van der Waals surface area contributed by atoms with Crippen LogP contribution >= 0.6 is 22.9 Å². The summed E-state index contributed by atoms with van der Waals surface area (Å²) in [6.45, 7) is 5.19. The van der Waals surface area contributed by atoms with Crippen LogP contribution in [-0.4, -0.2) is 37.7 Å². The second kappa shape index (κ2) is 7.76. The Morgan fingerprint density at radius 2 is 2.35 bits per heavy atom. The number of methoxy groups -OCH3 is 1. The number of thiophene rings is 1. The molecule has 0 saturated carbocycles. The summed E-state index contributed by atoms with van der Waals surface area (Å²) in [5.41, 5.74) is 6.40. The van der Waals surface area contributed by atoms with E-state index in [4.69, 9.17) is 22.1 Å². The van der Waals surface area contributed by atoms with E-state index in [0.717, 1.165) is 30.5 Å². The number of nitrogens with zero attached hydrogens (tertiary/aromatic N) is 1. The topological polar surface area (TPSA) is 38.5 Å². The fourth-order valence-electron chi connectivity index (χ4n) is 3.09. The molecule has 1 aliphatic heterocycles. The zero-order valence-electron chi connectivity index (χ0n) is 12.3. The molecule has 1 aliphatic rings. The van der Waals surface area contributed by atoms with E-state index in [9.17, 15) is 0 Å². The highest BCUT2D eigenvalue weighted by Gasteiger charge is 2.31. The molecule has 0 amide bonds. The van der Waals surface area contributed by atoms with E-state index in [-0.39, 0.29) is 12.1 Å². The molecular formula is C15H25ClN2OS. The molecule has 114 valence electrons. The van der Waals surface area contributed by atoms with Gasteiger partial charge in [-0.25, -0.2) is 0 Å². The number of ether oxygens (including phenoxy) is 1. The van der Waals surface area contributed by atoms with E-state index in [2.05, 4.69) is 17.9 Å². The molecule has 2 rings (SSSR count). The molecule has 0 spiro atoms. The molecule has 0 aliphatic carbocycles. The summed E-state index contributed by atoms with van der Waals surface area (Å²) in [6.07, 6.45) is 3.45. The Morgan fingerprint density at radius 3 is 2.95 bits per heavy atom. The van der Waals surface area contributed by atoms with Crippen LogP contribution in [0.5, 0.6) is 0 Å². The highest BCUT2D eigenvalue weighted by atomic mass is 35.5. The Morgan fingerprint density at radius 1 is 1.55 bits per heavy atom. The monoisotopic (exact) mass is 316 g/mol. The lowest BCUT2D eigenvalue weighted by atomic mass is 9.94. The van der Waals surface area contributed by atoms with Crippen LogP contribution < -0.4 is 5.73 Å². The third-order valence-electron chi connectivity index (χ3n) is 4.11. The van der Waals surface area contributed by atoms with Crippen molar-refractivity contribution < 1.29 is 4.74 Å². The summed E-state index contributed by atoms with van der Waals surface area (Å²) in [4.78, 5) is 3.83. The third kappa shape index (κ3) is 3.95. The van der Waals surface area contributed by atoms with Crippen LogP contribution in [0.4, 0.5) is 0 Å². The number of hydrogen-bond acceptors (Lipinski definition) is 4. The summed E-state index contributed by atoms with van der Waals surface area (Å²) in [7, 11) is 1.78. The number of halogens is 1. The molecule has 0 aromatic carbocycles. The van der Waals surface area contributed by atoms with Crippen molar-refractivity contribution in [3.8, 4) is 0 Å². The molecule has 0 bridgehead atoms. The van der Waals surface area contributed by atoms with Crippen LogP contribution in [0.2, 0.25) is 4.34 Å². The lowest BCUT2D eigenvalue weighted by Crippen LogP contribution is -2.46. The Labute approximate surface area is 131 Å². The summed E-state index contributed by atoms with van der Waals surface area (Å²) in [5, 5.41) is 0. The van der Waals surface area contributed by atoms with E-state index >= 15 is 0 Å². The Hall–Kier alpha value is -0.130. The maximum atomic E-state index is 6.40. The number of likely N-dealkylation sites (tertiary alicyclic amines) is 1. The molecule has 2 N–H and O–H groups in total. The van der Waals surface area contributed by atoms with Gasteiger partial charge < -0.3 is 10.5 Å². The van der Waals surface area contributed by atoms with Gasteiger partial charge in [-0.15, -0.1) is 11.3 Å². The molecule has 3 nitrogen and oxygen atoms in total. The predicted octanol–water partition coefficient (Wildman–Crippen LogP) is 3.54. The Kier molecular flexibility index (Phi) is 6.30. The fourth-order valence-corrected chi connectivity index (χ4v) is 4.37. The average Bonchev–Trinajstić information content (AvgIpc) is 2.86. The maximum absolute atomic E-state index is 6.40. The zero-order valence-corrected chi connectivity index (χ0v) is 13.9. The minimum atomic E-state index is 0.158. The molecule has 0 radical (unpaired) electrons. The normalized spacial score (nSPS) is 23.7. The first kappa shape index (κ1) is 16.2. The van der Waals surface area contributed by atoms with Crippen LogP contribution in [0, 0.1) is 5.92 Å². The predicted molar refractivity (Wildman–Crippen MR) is 86.5 cm³/mol. The van der Waals surface area contributed by atoms with Gasteiger partial charge in [0.25, 0.3) is 0 Å². The summed E-state index contributed by atoms with van der Waals surface area (Å²) in [6, 6.07) is 4.56. The molecule has 1 aromatic rings. The van der Waals surface area contributed by atoms with Crippen LogP contribution in [0.3, 0.4) is 0 Å². The van der Waals surface area contributed by atoms with Gasteiger partial charge >= 0.3 is 0 Å². The Bertz CT molecular complexity index is 410. The standard InChI is InChI=1S/C15H25ClN2OS/c1-3-12(17)15(13-6-7-14(16)20-13)18-8-4-5-11(9-18)10-19-2/h6-7,11-12,15H,3-5,8-10,17H2,1-2H3. The van der Waals surface area contributed by atoms with E-state index in [1.54, 1.807) is 18.4 Å². The highest BCUT2D eigenvalue weighted by Crippen LogP contribution is 2.35. The van der Waals surface area contributed by atoms with Crippen LogP contribution in [0.25, 0.3) is 0 Å². The van der Waals surface area contributed by atoms with Crippen molar-refractivity contribution in [3.63, 3.8) is 0 Å². The average molecular weight is 317 g/mol. The number of hydrogen-bond donors (Lipinski definition) is 1. The molecule has 1 saturated heterocycles. The number of piperidine rings is 1. The van der Waals surface area contributed by atoms with E-state index in [0.29, 0.717) is 5.92 Å². The van der Waals surface area contributed by atoms with E-state index in [1.165, 1.54) is 17.7 Å². The Balaban J connectivity index is 2.14. The smallest absolute Gasteiger partial charge is 0.0931 e. The van der Waals surface area contributed by atoms with Crippen molar-refractivity contribution >= 4 is 22.9 Å². The molecule has 3 unspecified atom stereocenters. The van der Waals surface area contributed by atoms with Crippen molar-refractivity contribution in [1.29, 1.82) is 0 Å². The van der Waals surface area contributed by atoms with Crippen molar-refractivity contribution in [1.82, 2.24) is 4.90 Å². The van der Waals surface area contributed by atoms with Gasteiger partial charge in [0.15, 0.2) is 0 Å². The molecule has 20 heavy (non-hydrogen) atoms. The largest absolute Gasteiger partial charge is 0.384 e. The summed E-state index contributed by atoms with van der Waals surface area (Å²) >= 11 is 7.77. The third-order valence-corrected chi connectivity index (χ3v) is 5.41. The second-order valence-electron chi connectivity index (χ2n) is 5.62. The summed E-state index contributed by atoms with van der Waals surface area (Å²) < 4.78 is 6.18. The molecule has 2 heterocycles. The van der Waals surface area contributed by atoms with Gasteiger partial charge in [0.2, 0.25) is 0 Å². The first-order valence-corrected chi connectivity index (χ1v) is 8.59. The van der Waals surface area contributed by atoms with E-state index < -0.39 is 0 Å². The first-order chi connectivity index (χ1) is 9.65. The van der Waals surface area contributed by atoms with E-state index in [1.807, 2.05) is 6.07 Å². The van der Waals surface area contributed by atoms with Crippen LogP contribution in [0.1, 0.15) is 37.1 Å². The van der Waals surface area contributed by atoms with Gasteiger partial charge in [0, 0.05) is 24.6 Å². The molecule has 1 aromatic heterocycles. The summed E-state index contributed by atoms with van der Waals surface area (Å²) in [5.74, 6) is 0.621. The lowest BCUT2D eigenvalue weighted by Gasteiger charge is -2.40. The van der Waals surface area contributed by atoms with Crippen molar-refractivity contribution in [2.75, 3.05) is 26.8 Å². The lowest BCUT2D eigenvalue weighted by molar-refractivity contribution is 0.0607. The zero-order chi connectivity index (χ0) is 14.5. The van der Waals surface area contributed by atoms with Gasteiger partial charge in [-0.3, -0.25) is 4.90 Å². The highest BCUT2D eigenvalue weighted by molar-refractivity contribution is 7.16. The van der Waals surface area contributed by atoms with Gasteiger partial charge in [-0.05, 0) is 43.9 Å². The molecular weight excluding hydrogens is 292 g/mol. The maximum Gasteiger partial charge on any atom is 0.0931 e. The molecule has 1 fully saturated rings. The van der Waals surface area contributed by atoms with Crippen LogP contribution in [-0.2, 0) is 4.74 Å². The fraction of sp³-hybridized carbons (Fsp3) is 0.733. The van der Waals surface area contributed by atoms with Crippen molar-refractivity contribution in [2.45, 2.75) is 38.3 Å². The van der Waals surface area contributed by atoms with Gasteiger partial charge in [-0.2, -0.15) is 0 Å². The molecule has 3 atom stereocenters. The number of rotatable bonds is 6. The minimum Gasteiger partial charge on any atom is -0.384 e. The van der Waals surface area contributed by atoms with Gasteiger partial charge in [0.05, 0.1) is 17.0 Å². The van der Waals surface area contributed by atoms with Gasteiger partial charge in [-0.1, -0.05) is 18.5 Å². The molecule has 5 heteroatoms. The first-order valence-electron chi connectivity index (χ1n) is 7.39. The minimum absolute atomic E-state index is 0.158. The van der Waals surface area contributed by atoms with Gasteiger partial charge in [0.1, 0.15) is 0 Å².